The van der Waals surface area contributed by atoms with E-state index in [9.17, 15) is 14.4 Å². The van der Waals surface area contributed by atoms with Gasteiger partial charge >= 0.3 is 0 Å². The minimum Gasteiger partial charge on any atom is -0.380 e. The maximum atomic E-state index is 12.7. The molecular weight excluding hydrogens is 426 g/mol. The molecule has 0 radical (unpaired) electrons. The number of H-pyrrole nitrogens is 1. The molecule has 2 N–H and O–H groups in total. The van der Waals surface area contributed by atoms with Crippen molar-refractivity contribution in [2.75, 3.05) is 39.5 Å². The second-order valence-corrected chi connectivity index (χ2v) is 8.64. The molecule has 0 bridgehead atoms. The van der Waals surface area contributed by atoms with Gasteiger partial charge in [-0.25, -0.2) is 4.98 Å². The fourth-order valence-corrected chi connectivity index (χ4v) is 4.28. The van der Waals surface area contributed by atoms with Crippen molar-refractivity contribution in [2.45, 2.75) is 59.0 Å². The zero-order chi connectivity index (χ0) is 24.1. The molecule has 10 heteroatoms. The number of amides is 3. The Morgan fingerprint density at radius 1 is 1.33 bits per heavy atom. The summed E-state index contributed by atoms with van der Waals surface area (Å²) in [5.74, 6) is -0.492. The molecule has 0 aliphatic carbocycles. The zero-order valence-corrected chi connectivity index (χ0v) is 20.1. The van der Waals surface area contributed by atoms with E-state index >= 15 is 0 Å². The first-order chi connectivity index (χ1) is 15.8. The molecule has 2 fully saturated rings. The van der Waals surface area contributed by atoms with E-state index in [4.69, 9.17) is 14.5 Å². The Hall–Kier alpha value is -2.56. The number of rotatable bonds is 8. The average Bonchev–Trinajstić information content (AvgIpc) is 3.19. The SMILES string of the molecule is CCOCC1COCCN1C(CC)c1nc(/C=C2\NC(=O)CN(C(C)=O)C2=O)c(C(C)C)[nH]1. The van der Waals surface area contributed by atoms with Gasteiger partial charge < -0.3 is 19.8 Å². The summed E-state index contributed by atoms with van der Waals surface area (Å²) in [4.78, 5) is 48.2. The van der Waals surface area contributed by atoms with Gasteiger partial charge in [-0.1, -0.05) is 20.8 Å². The third-order valence-corrected chi connectivity index (χ3v) is 5.96. The lowest BCUT2D eigenvalue weighted by Gasteiger charge is -2.39. The van der Waals surface area contributed by atoms with Gasteiger partial charge in [0, 0.05) is 25.8 Å². The molecule has 1 aromatic rings. The van der Waals surface area contributed by atoms with Crippen molar-refractivity contribution in [3.8, 4) is 0 Å². The van der Waals surface area contributed by atoms with Crippen LogP contribution in [0.1, 0.15) is 70.2 Å². The molecule has 2 saturated heterocycles. The molecule has 10 nitrogen and oxygen atoms in total. The van der Waals surface area contributed by atoms with Crippen molar-refractivity contribution in [1.82, 2.24) is 25.1 Å². The molecule has 182 valence electrons. The van der Waals surface area contributed by atoms with Crippen molar-refractivity contribution in [3.63, 3.8) is 0 Å². The lowest BCUT2D eigenvalue weighted by atomic mass is 10.1. The normalized spacial score (nSPS) is 22.2. The summed E-state index contributed by atoms with van der Waals surface area (Å²) in [5.41, 5.74) is 1.50. The number of imidazole rings is 1. The van der Waals surface area contributed by atoms with Crippen LogP contribution in [0.5, 0.6) is 0 Å². The van der Waals surface area contributed by atoms with Crippen LogP contribution in [0.2, 0.25) is 0 Å². The topological polar surface area (TPSA) is 117 Å². The number of hydrogen-bond acceptors (Lipinski definition) is 7. The van der Waals surface area contributed by atoms with Gasteiger partial charge in [0.25, 0.3) is 5.91 Å². The van der Waals surface area contributed by atoms with E-state index in [1.165, 1.54) is 6.92 Å². The van der Waals surface area contributed by atoms with E-state index < -0.39 is 17.7 Å². The first-order valence-electron chi connectivity index (χ1n) is 11.6. The Bertz CT molecular complexity index is 909. The fraction of sp³-hybridized carbons (Fsp3) is 0.652. The number of hydrogen-bond donors (Lipinski definition) is 2. The molecule has 2 unspecified atom stereocenters. The number of aromatic nitrogens is 2. The molecule has 3 rings (SSSR count). The van der Waals surface area contributed by atoms with Gasteiger partial charge in [-0.05, 0) is 25.3 Å². The number of nitrogens with one attached hydrogen (secondary N) is 2. The maximum absolute atomic E-state index is 12.7. The molecular formula is C23H35N5O5. The third-order valence-electron chi connectivity index (χ3n) is 5.96. The van der Waals surface area contributed by atoms with E-state index in [0.717, 1.165) is 29.4 Å². The van der Waals surface area contributed by atoms with E-state index in [-0.39, 0.29) is 30.2 Å². The Kier molecular flexibility index (Phi) is 8.39. The Morgan fingerprint density at radius 3 is 2.73 bits per heavy atom. The van der Waals surface area contributed by atoms with Gasteiger partial charge in [-0.15, -0.1) is 0 Å². The predicted octanol–water partition coefficient (Wildman–Crippen LogP) is 1.57. The molecule has 0 spiro atoms. The highest BCUT2D eigenvalue weighted by Gasteiger charge is 2.33. The van der Waals surface area contributed by atoms with Crippen molar-refractivity contribution in [3.05, 3.63) is 22.9 Å². The highest BCUT2D eigenvalue weighted by Crippen LogP contribution is 2.30. The summed E-state index contributed by atoms with van der Waals surface area (Å²) in [5, 5.41) is 2.59. The number of ether oxygens (including phenoxy) is 2. The lowest BCUT2D eigenvalue weighted by molar-refractivity contribution is -0.147. The monoisotopic (exact) mass is 461 g/mol. The standard InChI is InChI=1S/C23H35N5O5/c1-6-19(27-8-9-33-13-16(27)12-32-7-2)22-25-17(21(26-22)14(3)4)10-18-23(31)28(15(5)29)11-20(30)24-18/h10,14,16,19H,6-9,11-13H2,1-5H3,(H,24,30)(H,25,26)/b18-10-. The maximum Gasteiger partial charge on any atom is 0.277 e. The minimum absolute atomic E-state index is 0.0226. The van der Waals surface area contributed by atoms with Crippen molar-refractivity contribution >= 4 is 23.8 Å². The minimum atomic E-state index is -0.529. The summed E-state index contributed by atoms with van der Waals surface area (Å²) in [6.45, 7) is 12.4. The van der Waals surface area contributed by atoms with Gasteiger partial charge in [0.05, 0.1) is 37.6 Å². The van der Waals surface area contributed by atoms with E-state index in [0.29, 0.717) is 32.1 Å². The molecule has 1 aromatic heterocycles. The van der Waals surface area contributed by atoms with Crippen molar-refractivity contribution in [1.29, 1.82) is 0 Å². The summed E-state index contributed by atoms with van der Waals surface area (Å²) < 4.78 is 11.4. The highest BCUT2D eigenvalue weighted by molar-refractivity contribution is 6.12. The van der Waals surface area contributed by atoms with Gasteiger partial charge in [0.2, 0.25) is 11.8 Å². The summed E-state index contributed by atoms with van der Waals surface area (Å²) in [6, 6.07) is 0.149. The lowest BCUT2D eigenvalue weighted by Crippen LogP contribution is -2.51. The van der Waals surface area contributed by atoms with Crippen LogP contribution in [0.15, 0.2) is 5.70 Å². The quantitative estimate of drug-likeness (QED) is 0.564. The van der Waals surface area contributed by atoms with Crippen LogP contribution in [0, 0.1) is 0 Å². The summed E-state index contributed by atoms with van der Waals surface area (Å²) >= 11 is 0. The van der Waals surface area contributed by atoms with Gasteiger partial charge in [-0.2, -0.15) is 0 Å². The molecule has 2 atom stereocenters. The van der Waals surface area contributed by atoms with Crippen molar-refractivity contribution < 1.29 is 23.9 Å². The molecule has 2 aliphatic rings. The van der Waals surface area contributed by atoms with Gasteiger partial charge in [0.1, 0.15) is 18.1 Å². The Morgan fingerprint density at radius 2 is 2.09 bits per heavy atom. The van der Waals surface area contributed by atoms with Crippen LogP contribution in [0.25, 0.3) is 6.08 Å². The fourth-order valence-electron chi connectivity index (χ4n) is 4.28. The first kappa shape index (κ1) is 25.1. The predicted molar refractivity (Wildman–Crippen MR) is 122 cm³/mol. The van der Waals surface area contributed by atoms with Crippen LogP contribution in [-0.4, -0.2) is 83.0 Å². The van der Waals surface area contributed by atoms with Crippen LogP contribution in [0.4, 0.5) is 0 Å². The van der Waals surface area contributed by atoms with Crippen LogP contribution >= 0.6 is 0 Å². The molecule has 3 heterocycles. The Balaban J connectivity index is 1.95. The van der Waals surface area contributed by atoms with Gasteiger partial charge in [0.15, 0.2) is 0 Å². The number of carbonyl (C=O) groups excluding carboxylic acids is 3. The average molecular weight is 462 g/mol. The van der Waals surface area contributed by atoms with E-state index in [1.54, 1.807) is 6.08 Å². The number of carbonyl (C=O) groups is 3. The molecule has 0 saturated carbocycles. The second kappa shape index (κ2) is 11.0. The smallest absolute Gasteiger partial charge is 0.277 e. The van der Waals surface area contributed by atoms with Crippen LogP contribution < -0.4 is 5.32 Å². The molecule has 3 amide bonds. The Labute approximate surface area is 194 Å². The number of piperazine rings is 1. The summed E-state index contributed by atoms with van der Waals surface area (Å²) in [7, 11) is 0. The highest BCUT2D eigenvalue weighted by atomic mass is 16.5. The van der Waals surface area contributed by atoms with Crippen LogP contribution in [-0.2, 0) is 23.9 Å². The van der Waals surface area contributed by atoms with Gasteiger partial charge in [-0.3, -0.25) is 24.2 Å². The zero-order valence-electron chi connectivity index (χ0n) is 20.1. The second-order valence-electron chi connectivity index (χ2n) is 8.64. The molecule has 0 aromatic carbocycles. The summed E-state index contributed by atoms with van der Waals surface area (Å²) in [6.07, 6.45) is 2.39. The van der Waals surface area contributed by atoms with Crippen LogP contribution in [0.3, 0.4) is 0 Å². The largest absolute Gasteiger partial charge is 0.380 e. The van der Waals surface area contributed by atoms with E-state index in [1.807, 2.05) is 20.8 Å². The number of imide groups is 1. The van der Waals surface area contributed by atoms with E-state index in [2.05, 4.69) is 22.1 Å². The first-order valence-corrected chi connectivity index (χ1v) is 11.6. The number of morpholine rings is 1. The number of nitrogens with zero attached hydrogens (tertiary/aromatic N) is 3. The molecule has 2 aliphatic heterocycles. The number of aromatic amines is 1. The van der Waals surface area contributed by atoms with Crippen molar-refractivity contribution in [2.24, 2.45) is 0 Å². The molecule has 33 heavy (non-hydrogen) atoms. The third kappa shape index (κ3) is 5.69.